The van der Waals surface area contributed by atoms with Crippen molar-refractivity contribution in [2.24, 2.45) is 0 Å². The first kappa shape index (κ1) is 27.6. The highest BCUT2D eigenvalue weighted by molar-refractivity contribution is 6.23. The molecule has 1 heterocycles. The quantitative estimate of drug-likeness (QED) is 0.178. The number of nitrogens with zero attached hydrogens (tertiary/aromatic N) is 1. The number of fused-ring (bicyclic) bond motifs is 6. The highest BCUT2D eigenvalue weighted by Gasteiger charge is 2.22. The van der Waals surface area contributed by atoms with Crippen molar-refractivity contribution in [1.29, 1.82) is 0 Å². The van der Waals surface area contributed by atoms with Gasteiger partial charge in [-0.05, 0) is 89.8 Å². The summed E-state index contributed by atoms with van der Waals surface area (Å²) in [6, 6.07) is 58.2. The summed E-state index contributed by atoms with van der Waals surface area (Å²) in [5, 5.41) is 10.3. The first-order valence-electron chi connectivity index (χ1n) is 16.5. The van der Waals surface area contributed by atoms with E-state index >= 15 is 0 Å². The molecular formula is C46H35N. The van der Waals surface area contributed by atoms with E-state index in [4.69, 9.17) is 0 Å². The summed E-state index contributed by atoms with van der Waals surface area (Å²) in [5.41, 5.74) is 10.1. The number of benzene rings is 8. The Labute approximate surface area is 275 Å². The van der Waals surface area contributed by atoms with Crippen molar-refractivity contribution in [2.45, 2.75) is 26.2 Å². The van der Waals surface area contributed by atoms with Crippen molar-refractivity contribution >= 4 is 54.1 Å². The molecule has 1 nitrogen and oxygen atoms in total. The van der Waals surface area contributed by atoms with E-state index in [2.05, 4.69) is 183 Å². The molecule has 0 aliphatic heterocycles. The van der Waals surface area contributed by atoms with Crippen LogP contribution in [0.25, 0.3) is 82.1 Å². The topological polar surface area (TPSA) is 4.93 Å². The lowest BCUT2D eigenvalue weighted by Crippen LogP contribution is -2.11. The molecule has 9 aromatic rings. The molecule has 0 amide bonds. The molecule has 47 heavy (non-hydrogen) atoms. The molecule has 0 spiro atoms. The minimum atomic E-state index is 0.0491. The standard InChI is InChI=1S/C46H35N/c1-46(2,3)41-28-27-40(32-17-4-5-18-33(32)41)45-38-23-8-6-21-36(38)44(37-22-7-9-24-39(37)45)30-15-14-16-31(29-30)47-42-25-12-10-19-34(42)35-20-11-13-26-43(35)47/h4-29H,1-3H3. The Morgan fingerprint density at radius 2 is 0.851 bits per heavy atom. The van der Waals surface area contributed by atoms with Gasteiger partial charge in [0.2, 0.25) is 0 Å². The van der Waals surface area contributed by atoms with Crippen LogP contribution in [0.2, 0.25) is 0 Å². The fourth-order valence-corrected chi connectivity index (χ4v) is 7.90. The number of hydrogen-bond acceptors (Lipinski definition) is 0. The van der Waals surface area contributed by atoms with E-state index in [1.54, 1.807) is 0 Å². The van der Waals surface area contributed by atoms with Crippen LogP contribution < -0.4 is 0 Å². The molecule has 0 bridgehead atoms. The molecule has 1 heteroatoms. The lowest BCUT2D eigenvalue weighted by atomic mass is 9.80. The predicted molar refractivity (Wildman–Crippen MR) is 203 cm³/mol. The second kappa shape index (κ2) is 10.4. The third-order valence-corrected chi connectivity index (χ3v) is 9.91. The molecule has 0 aliphatic carbocycles. The average molecular weight is 602 g/mol. The first-order chi connectivity index (χ1) is 23.0. The van der Waals surface area contributed by atoms with Gasteiger partial charge >= 0.3 is 0 Å². The van der Waals surface area contributed by atoms with Gasteiger partial charge in [-0.3, -0.25) is 0 Å². The first-order valence-corrected chi connectivity index (χ1v) is 16.5. The van der Waals surface area contributed by atoms with Crippen LogP contribution in [0.15, 0.2) is 158 Å². The summed E-state index contributed by atoms with van der Waals surface area (Å²) >= 11 is 0. The van der Waals surface area contributed by atoms with E-state index in [-0.39, 0.29) is 5.41 Å². The minimum absolute atomic E-state index is 0.0491. The average Bonchev–Trinajstić information content (AvgIpc) is 3.44. The number of rotatable bonds is 3. The maximum absolute atomic E-state index is 2.41. The van der Waals surface area contributed by atoms with E-state index in [1.165, 1.54) is 87.6 Å². The van der Waals surface area contributed by atoms with Crippen LogP contribution in [-0.2, 0) is 5.41 Å². The van der Waals surface area contributed by atoms with E-state index in [0.717, 1.165) is 0 Å². The van der Waals surface area contributed by atoms with Gasteiger partial charge in [0.15, 0.2) is 0 Å². The number of hydrogen-bond donors (Lipinski definition) is 0. The molecule has 9 rings (SSSR count). The Balaban J connectivity index is 1.35. The van der Waals surface area contributed by atoms with Crippen LogP contribution in [0.4, 0.5) is 0 Å². The predicted octanol–water partition coefficient (Wildman–Crippen LogP) is 12.9. The van der Waals surface area contributed by atoms with Gasteiger partial charge in [0.1, 0.15) is 0 Å². The van der Waals surface area contributed by atoms with Gasteiger partial charge in [0.05, 0.1) is 11.0 Å². The maximum Gasteiger partial charge on any atom is 0.0541 e. The molecule has 0 unspecified atom stereocenters. The lowest BCUT2D eigenvalue weighted by Gasteiger charge is -2.24. The van der Waals surface area contributed by atoms with Crippen LogP contribution in [0.3, 0.4) is 0 Å². The van der Waals surface area contributed by atoms with Crippen LogP contribution in [0, 0.1) is 0 Å². The fraction of sp³-hybridized carbons (Fsp3) is 0.0870. The van der Waals surface area contributed by atoms with Gasteiger partial charge in [0.25, 0.3) is 0 Å². The third kappa shape index (κ3) is 4.23. The van der Waals surface area contributed by atoms with E-state index in [1.807, 2.05) is 0 Å². The molecule has 0 aliphatic rings. The summed E-state index contributed by atoms with van der Waals surface area (Å²) in [6.45, 7) is 6.92. The van der Waals surface area contributed by atoms with Gasteiger partial charge in [-0.25, -0.2) is 0 Å². The van der Waals surface area contributed by atoms with Crippen LogP contribution in [0.1, 0.15) is 26.3 Å². The molecule has 1 aromatic heterocycles. The maximum atomic E-state index is 2.41. The largest absolute Gasteiger partial charge is 0.309 e. The van der Waals surface area contributed by atoms with Gasteiger partial charge in [0, 0.05) is 16.5 Å². The SMILES string of the molecule is CC(C)(C)c1ccc(-c2c3ccccc3c(-c3cccc(-n4c5ccccc5c5ccccc54)c3)c3ccccc23)c2ccccc12. The van der Waals surface area contributed by atoms with E-state index < -0.39 is 0 Å². The lowest BCUT2D eigenvalue weighted by molar-refractivity contribution is 0.596. The molecular weight excluding hydrogens is 567 g/mol. The summed E-state index contributed by atoms with van der Waals surface area (Å²) in [6.07, 6.45) is 0. The Bertz CT molecular complexity index is 2550. The summed E-state index contributed by atoms with van der Waals surface area (Å²) in [4.78, 5) is 0. The Morgan fingerprint density at radius 1 is 0.383 bits per heavy atom. The zero-order valence-electron chi connectivity index (χ0n) is 27.0. The third-order valence-electron chi connectivity index (χ3n) is 9.91. The molecule has 0 fully saturated rings. The summed E-state index contributed by atoms with van der Waals surface area (Å²) in [7, 11) is 0. The van der Waals surface area contributed by atoms with Crippen LogP contribution in [-0.4, -0.2) is 4.57 Å². The smallest absolute Gasteiger partial charge is 0.0541 e. The second-order valence-corrected chi connectivity index (χ2v) is 13.7. The molecule has 0 saturated heterocycles. The Hall–Kier alpha value is -5.66. The van der Waals surface area contributed by atoms with Crippen molar-refractivity contribution < 1.29 is 0 Å². The van der Waals surface area contributed by atoms with Gasteiger partial charge in [-0.2, -0.15) is 0 Å². The highest BCUT2D eigenvalue weighted by Crippen LogP contribution is 2.46. The van der Waals surface area contributed by atoms with E-state index in [9.17, 15) is 0 Å². The Kier molecular flexibility index (Phi) is 6.14. The number of aromatic nitrogens is 1. The van der Waals surface area contributed by atoms with Crippen molar-refractivity contribution in [1.82, 2.24) is 4.57 Å². The van der Waals surface area contributed by atoms with Crippen molar-refractivity contribution in [3.05, 3.63) is 163 Å². The molecule has 224 valence electrons. The molecule has 0 N–H and O–H groups in total. The van der Waals surface area contributed by atoms with Crippen molar-refractivity contribution in [3.63, 3.8) is 0 Å². The fourth-order valence-electron chi connectivity index (χ4n) is 7.90. The molecule has 0 radical (unpaired) electrons. The van der Waals surface area contributed by atoms with E-state index in [0.29, 0.717) is 0 Å². The highest BCUT2D eigenvalue weighted by atomic mass is 15.0. The minimum Gasteiger partial charge on any atom is -0.309 e. The van der Waals surface area contributed by atoms with Gasteiger partial charge in [-0.1, -0.05) is 154 Å². The van der Waals surface area contributed by atoms with Crippen LogP contribution >= 0.6 is 0 Å². The zero-order chi connectivity index (χ0) is 31.7. The normalized spacial score (nSPS) is 12.1. The zero-order valence-corrected chi connectivity index (χ0v) is 27.0. The summed E-state index contributed by atoms with van der Waals surface area (Å²) < 4.78 is 2.41. The van der Waals surface area contributed by atoms with Crippen molar-refractivity contribution in [3.8, 4) is 27.9 Å². The van der Waals surface area contributed by atoms with Crippen molar-refractivity contribution in [2.75, 3.05) is 0 Å². The molecule has 8 aromatic carbocycles. The van der Waals surface area contributed by atoms with Gasteiger partial charge < -0.3 is 4.57 Å². The van der Waals surface area contributed by atoms with Gasteiger partial charge in [-0.15, -0.1) is 0 Å². The Morgan fingerprint density at radius 3 is 1.40 bits per heavy atom. The second-order valence-electron chi connectivity index (χ2n) is 13.7. The van der Waals surface area contributed by atoms with Crippen LogP contribution in [0.5, 0.6) is 0 Å². The summed E-state index contributed by atoms with van der Waals surface area (Å²) in [5.74, 6) is 0. The number of para-hydroxylation sites is 2. The molecule has 0 saturated carbocycles. The molecule has 0 atom stereocenters. The monoisotopic (exact) mass is 601 g/mol.